The fourth-order valence-corrected chi connectivity index (χ4v) is 2.75. The molecule has 0 aromatic carbocycles. The third-order valence-corrected chi connectivity index (χ3v) is 4.26. The SMILES string of the molecule is CC(C)C(O)C1(CN)CCC(C)(C)CC1. The maximum Gasteiger partial charge on any atom is 0.0631 e. The van der Waals surface area contributed by atoms with E-state index in [1.807, 2.05) is 0 Å². The van der Waals surface area contributed by atoms with E-state index in [1.54, 1.807) is 0 Å². The Bertz CT molecular complexity index is 201. The van der Waals surface area contributed by atoms with E-state index in [2.05, 4.69) is 27.7 Å². The number of rotatable bonds is 3. The maximum atomic E-state index is 10.3. The zero-order chi connectivity index (χ0) is 11.7. The second-order valence-electron chi connectivity index (χ2n) is 6.42. The molecule has 90 valence electrons. The van der Waals surface area contributed by atoms with Gasteiger partial charge >= 0.3 is 0 Å². The summed E-state index contributed by atoms with van der Waals surface area (Å²) in [5.74, 6) is 0.315. The molecule has 1 aliphatic rings. The van der Waals surface area contributed by atoms with Crippen LogP contribution in [0.15, 0.2) is 0 Å². The Morgan fingerprint density at radius 1 is 1.13 bits per heavy atom. The first-order valence-electron chi connectivity index (χ1n) is 6.21. The van der Waals surface area contributed by atoms with Crippen LogP contribution in [0.2, 0.25) is 0 Å². The molecule has 1 unspecified atom stereocenters. The van der Waals surface area contributed by atoms with Crippen molar-refractivity contribution >= 4 is 0 Å². The van der Waals surface area contributed by atoms with Crippen molar-refractivity contribution in [2.75, 3.05) is 6.54 Å². The number of nitrogens with two attached hydrogens (primary N) is 1. The molecule has 2 heteroatoms. The van der Waals surface area contributed by atoms with Gasteiger partial charge in [0.1, 0.15) is 0 Å². The molecule has 1 atom stereocenters. The molecule has 1 saturated carbocycles. The molecular weight excluding hydrogens is 186 g/mol. The highest BCUT2D eigenvalue weighted by molar-refractivity contribution is 4.95. The van der Waals surface area contributed by atoms with E-state index in [9.17, 15) is 5.11 Å². The van der Waals surface area contributed by atoms with Crippen LogP contribution >= 0.6 is 0 Å². The average molecular weight is 213 g/mol. The Balaban J connectivity index is 2.72. The Hall–Kier alpha value is -0.0800. The number of aliphatic hydroxyl groups is 1. The minimum Gasteiger partial charge on any atom is -0.392 e. The van der Waals surface area contributed by atoms with E-state index < -0.39 is 0 Å². The lowest BCUT2D eigenvalue weighted by Gasteiger charge is -2.47. The summed E-state index contributed by atoms with van der Waals surface area (Å²) < 4.78 is 0. The van der Waals surface area contributed by atoms with Gasteiger partial charge in [0.2, 0.25) is 0 Å². The largest absolute Gasteiger partial charge is 0.392 e. The molecule has 0 saturated heterocycles. The van der Waals surface area contributed by atoms with Crippen LogP contribution in [-0.2, 0) is 0 Å². The summed E-state index contributed by atoms with van der Waals surface area (Å²) in [5, 5.41) is 10.3. The highest BCUT2D eigenvalue weighted by atomic mass is 16.3. The van der Waals surface area contributed by atoms with Crippen LogP contribution in [0, 0.1) is 16.7 Å². The number of hydrogen-bond donors (Lipinski definition) is 2. The lowest BCUT2D eigenvalue weighted by molar-refractivity contribution is -0.0463. The van der Waals surface area contributed by atoms with Crippen molar-refractivity contribution in [3.63, 3.8) is 0 Å². The van der Waals surface area contributed by atoms with Crippen LogP contribution < -0.4 is 5.73 Å². The van der Waals surface area contributed by atoms with Crippen LogP contribution in [0.4, 0.5) is 0 Å². The standard InChI is InChI=1S/C13H27NO/c1-10(2)11(15)13(9-14)7-5-12(3,4)6-8-13/h10-11,15H,5-9,14H2,1-4H3. The summed E-state index contributed by atoms with van der Waals surface area (Å²) in [7, 11) is 0. The third-order valence-electron chi connectivity index (χ3n) is 4.26. The molecule has 1 fully saturated rings. The van der Waals surface area contributed by atoms with Crippen molar-refractivity contribution in [2.45, 2.75) is 59.5 Å². The van der Waals surface area contributed by atoms with Gasteiger partial charge in [-0.25, -0.2) is 0 Å². The molecule has 0 aliphatic heterocycles. The lowest BCUT2D eigenvalue weighted by atomic mass is 9.61. The molecule has 15 heavy (non-hydrogen) atoms. The summed E-state index contributed by atoms with van der Waals surface area (Å²) in [4.78, 5) is 0. The molecule has 0 bridgehead atoms. The van der Waals surface area contributed by atoms with Crippen LogP contribution in [0.1, 0.15) is 53.4 Å². The molecule has 0 amide bonds. The zero-order valence-electron chi connectivity index (χ0n) is 10.7. The molecule has 2 nitrogen and oxygen atoms in total. The van der Waals surface area contributed by atoms with Crippen molar-refractivity contribution in [3.05, 3.63) is 0 Å². The van der Waals surface area contributed by atoms with Crippen molar-refractivity contribution in [2.24, 2.45) is 22.5 Å². The van der Waals surface area contributed by atoms with Gasteiger partial charge in [0.05, 0.1) is 6.10 Å². The first-order valence-corrected chi connectivity index (χ1v) is 6.21. The topological polar surface area (TPSA) is 46.2 Å². The second kappa shape index (κ2) is 4.42. The molecule has 1 rings (SSSR count). The van der Waals surface area contributed by atoms with Crippen molar-refractivity contribution < 1.29 is 5.11 Å². The van der Waals surface area contributed by atoms with E-state index in [4.69, 9.17) is 5.73 Å². The molecular formula is C13H27NO. The number of hydrogen-bond acceptors (Lipinski definition) is 2. The monoisotopic (exact) mass is 213 g/mol. The van der Waals surface area contributed by atoms with Gasteiger partial charge in [-0.2, -0.15) is 0 Å². The minimum atomic E-state index is -0.237. The molecule has 0 spiro atoms. The van der Waals surface area contributed by atoms with E-state index in [-0.39, 0.29) is 11.5 Å². The van der Waals surface area contributed by atoms with Crippen molar-refractivity contribution in [1.29, 1.82) is 0 Å². The van der Waals surface area contributed by atoms with Gasteiger partial charge in [-0.15, -0.1) is 0 Å². The van der Waals surface area contributed by atoms with E-state index >= 15 is 0 Å². The zero-order valence-corrected chi connectivity index (χ0v) is 10.7. The van der Waals surface area contributed by atoms with E-state index in [0.717, 1.165) is 12.8 Å². The third kappa shape index (κ3) is 2.73. The Labute approximate surface area is 94.2 Å². The van der Waals surface area contributed by atoms with Crippen molar-refractivity contribution in [3.8, 4) is 0 Å². The predicted octanol–water partition coefficient (Wildman–Crippen LogP) is 2.55. The molecule has 0 heterocycles. The molecule has 0 aromatic rings. The van der Waals surface area contributed by atoms with Gasteiger partial charge < -0.3 is 10.8 Å². The van der Waals surface area contributed by atoms with Gasteiger partial charge in [0.25, 0.3) is 0 Å². The van der Waals surface area contributed by atoms with Crippen molar-refractivity contribution in [1.82, 2.24) is 0 Å². The summed E-state index contributed by atoms with van der Waals surface area (Å²) in [6.45, 7) is 9.43. The predicted molar refractivity (Wildman–Crippen MR) is 64.6 cm³/mol. The van der Waals surface area contributed by atoms with Crippen LogP contribution in [0.5, 0.6) is 0 Å². The average Bonchev–Trinajstić information content (AvgIpc) is 2.18. The van der Waals surface area contributed by atoms with Gasteiger partial charge in [-0.3, -0.25) is 0 Å². The number of aliphatic hydroxyl groups excluding tert-OH is 1. The summed E-state index contributed by atoms with van der Waals surface area (Å²) in [6.07, 6.45) is 4.30. The Morgan fingerprint density at radius 2 is 1.60 bits per heavy atom. The highest BCUT2D eigenvalue weighted by Gasteiger charge is 2.43. The van der Waals surface area contributed by atoms with Crippen LogP contribution in [0.3, 0.4) is 0 Å². The van der Waals surface area contributed by atoms with E-state index in [0.29, 0.717) is 17.9 Å². The summed E-state index contributed by atoms with van der Waals surface area (Å²) in [5.41, 5.74) is 6.34. The van der Waals surface area contributed by atoms with Gasteiger partial charge in [-0.05, 0) is 37.0 Å². The minimum absolute atomic E-state index is 0.0102. The first kappa shape index (κ1) is 13.0. The van der Waals surface area contributed by atoms with Gasteiger partial charge in [0, 0.05) is 12.0 Å². The molecule has 3 N–H and O–H groups in total. The van der Waals surface area contributed by atoms with E-state index in [1.165, 1.54) is 12.8 Å². The van der Waals surface area contributed by atoms with Crippen LogP contribution in [-0.4, -0.2) is 17.8 Å². The summed E-state index contributed by atoms with van der Waals surface area (Å²) in [6, 6.07) is 0. The smallest absolute Gasteiger partial charge is 0.0631 e. The first-order chi connectivity index (χ1) is 6.83. The van der Waals surface area contributed by atoms with Gasteiger partial charge in [0.15, 0.2) is 0 Å². The summed E-state index contributed by atoms with van der Waals surface area (Å²) >= 11 is 0. The molecule has 0 aromatic heterocycles. The maximum absolute atomic E-state index is 10.3. The van der Waals surface area contributed by atoms with Gasteiger partial charge in [-0.1, -0.05) is 27.7 Å². The quantitative estimate of drug-likeness (QED) is 0.757. The Kier molecular flexibility index (Phi) is 3.83. The second-order valence-corrected chi connectivity index (χ2v) is 6.42. The fourth-order valence-electron chi connectivity index (χ4n) is 2.75. The normalized spacial score (nSPS) is 26.6. The highest BCUT2D eigenvalue weighted by Crippen LogP contribution is 2.47. The molecule has 0 radical (unpaired) electrons. The van der Waals surface area contributed by atoms with Crippen LogP contribution in [0.25, 0.3) is 0 Å². The fraction of sp³-hybridized carbons (Fsp3) is 1.00. The Morgan fingerprint density at radius 3 is 1.93 bits per heavy atom. The lowest BCUT2D eigenvalue weighted by Crippen LogP contribution is -2.48. The molecule has 1 aliphatic carbocycles.